The molecule has 6 heteroatoms. The van der Waals surface area contributed by atoms with Gasteiger partial charge in [0, 0.05) is 0 Å². The molecule has 0 unspecified atom stereocenters. The average Bonchev–Trinajstić information content (AvgIpc) is 2.91. The number of para-hydroxylation sites is 1. The van der Waals surface area contributed by atoms with Crippen molar-refractivity contribution in [3.05, 3.63) is 29.8 Å². The van der Waals surface area contributed by atoms with E-state index in [1.54, 1.807) is 12.1 Å². The quantitative estimate of drug-likeness (QED) is 0.836. The van der Waals surface area contributed by atoms with Gasteiger partial charge in [0.05, 0.1) is 11.5 Å². The van der Waals surface area contributed by atoms with Crippen LogP contribution in [0.15, 0.2) is 24.3 Å². The van der Waals surface area contributed by atoms with E-state index in [-0.39, 0.29) is 35.3 Å². The number of hydrogen-bond donors (Lipinski definition) is 1. The van der Waals surface area contributed by atoms with Crippen LogP contribution in [-0.4, -0.2) is 37.6 Å². The molecule has 0 aliphatic heterocycles. The summed E-state index contributed by atoms with van der Waals surface area (Å²) in [5.41, 5.74) is 0.0469. The van der Waals surface area contributed by atoms with Gasteiger partial charge in [-0.15, -0.1) is 0 Å². The SMILES string of the molecule is O=C(O)c1ccccc1OCCS(=O)(=O)CC1CCCC1. The first kappa shape index (κ1) is 15.8. The molecular formula is C15H20O5S. The Morgan fingerprint density at radius 3 is 2.57 bits per heavy atom. The van der Waals surface area contributed by atoms with E-state index in [9.17, 15) is 13.2 Å². The van der Waals surface area contributed by atoms with Crippen LogP contribution in [0.3, 0.4) is 0 Å². The zero-order valence-corrected chi connectivity index (χ0v) is 12.6. The largest absolute Gasteiger partial charge is 0.492 e. The van der Waals surface area contributed by atoms with Gasteiger partial charge in [-0.3, -0.25) is 0 Å². The van der Waals surface area contributed by atoms with Gasteiger partial charge < -0.3 is 9.84 Å². The second-order valence-corrected chi connectivity index (χ2v) is 7.64. The zero-order chi connectivity index (χ0) is 15.3. The van der Waals surface area contributed by atoms with Crippen LogP contribution in [0.2, 0.25) is 0 Å². The molecule has 1 aliphatic rings. The third-order valence-electron chi connectivity index (χ3n) is 3.73. The first-order valence-corrected chi connectivity index (χ1v) is 8.95. The molecule has 1 aromatic rings. The van der Waals surface area contributed by atoms with Gasteiger partial charge in [0.1, 0.15) is 17.9 Å². The molecule has 0 radical (unpaired) electrons. The summed E-state index contributed by atoms with van der Waals surface area (Å²) in [7, 11) is -3.14. The van der Waals surface area contributed by atoms with Crippen molar-refractivity contribution in [3.63, 3.8) is 0 Å². The maximum absolute atomic E-state index is 12.0. The smallest absolute Gasteiger partial charge is 0.339 e. The molecule has 0 atom stereocenters. The molecule has 21 heavy (non-hydrogen) atoms. The van der Waals surface area contributed by atoms with E-state index in [1.807, 2.05) is 0 Å². The minimum Gasteiger partial charge on any atom is -0.492 e. The molecule has 0 spiro atoms. The van der Waals surface area contributed by atoms with Crippen molar-refractivity contribution in [2.75, 3.05) is 18.1 Å². The Morgan fingerprint density at radius 2 is 1.90 bits per heavy atom. The standard InChI is InChI=1S/C15H20O5S/c16-15(17)13-7-3-4-8-14(13)20-9-10-21(18,19)11-12-5-1-2-6-12/h3-4,7-8,12H,1-2,5-6,9-11H2,(H,16,17). The number of hydrogen-bond acceptors (Lipinski definition) is 4. The molecule has 1 N–H and O–H groups in total. The van der Waals surface area contributed by atoms with Crippen LogP contribution < -0.4 is 4.74 Å². The maximum Gasteiger partial charge on any atom is 0.339 e. The summed E-state index contributed by atoms with van der Waals surface area (Å²) < 4.78 is 29.3. The molecule has 0 saturated heterocycles. The minimum atomic E-state index is -3.14. The average molecular weight is 312 g/mol. The number of carboxylic acid groups (broad SMARTS) is 1. The number of aromatic carboxylic acids is 1. The topological polar surface area (TPSA) is 80.7 Å². The molecule has 0 heterocycles. The molecule has 116 valence electrons. The second-order valence-electron chi connectivity index (χ2n) is 5.41. The summed E-state index contributed by atoms with van der Waals surface area (Å²) in [5, 5.41) is 9.02. The van der Waals surface area contributed by atoms with E-state index >= 15 is 0 Å². The van der Waals surface area contributed by atoms with Crippen molar-refractivity contribution in [2.45, 2.75) is 25.7 Å². The Labute approximate surface area is 124 Å². The number of sulfone groups is 1. The van der Waals surface area contributed by atoms with Crippen LogP contribution in [-0.2, 0) is 9.84 Å². The molecule has 1 fully saturated rings. The Kier molecular flexibility index (Phi) is 5.22. The summed E-state index contributed by atoms with van der Waals surface area (Å²) in [5.74, 6) is -0.448. The molecule has 1 aromatic carbocycles. The van der Waals surface area contributed by atoms with Crippen molar-refractivity contribution in [2.24, 2.45) is 5.92 Å². The fourth-order valence-corrected chi connectivity index (χ4v) is 4.22. The summed E-state index contributed by atoms with van der Waals surface area (Å²) in [6, 6.07) is 6.24. The molecule has 1 saturated carbocycles. The highest BCUT2D eigenvalue weighted by molar-refractivity contribution is 7.91. The fourth-order valence-electron chi connectivity index (χ4n) is 2.67. The maximum atomic E-state index is 12.0. The summed E-state index contributed by atoms with van der Waals surface area (Å²) >= 11 is 0. The normalized spacial score (nSPS) is 16.0. The van der Waals surface area contributed by atoms with Crippen molar-refractivity contribution < 1.29 is 23.1 Å². The highest BCUT2D eigenvalue weighted by Gasteiger charge is 2.22. The summed E-state index contributed by atoms with van der Waals surface area (Å²) in [4.78, 5) is 11.0. The van der Waals surface area contributed by atoms with Crippen LogP contribution in [0.25, 0.3) is 0 Å². The Morgan fingerprint density at radius 1 is 1.24 bits per heavy atom. The van der Waals surface area contributed by atoms with Gasteiger partial charge in [0.25, 0.3) is 0 Å². The van der Waals surface area contributed by atoms with E-state index in [0.717, 1.165) is 25.7 Å². The highest BCUT2D eigenvalue weighted by atomic mass is 32.2. The van der Waals surface area contributed by atoms with Crippen molar-refractivity contribution >= 4 is 15.8 Å². The number of rotatable bonds is 7. The van der Waals surface area contributed by atoms with E-state index in [4.69, 9.17) is 9.84 Å². The first-order chi connectivity index (χ1) is 9.98. The van der Waals surface area contributed by atoms with E-state index in [0.29, 0.717) is 0 Å². The molecule has 0 amide bonds. The summed E-state index contributed by atoms with van der Waals surface area (Å²) in [6.07, 6.45) is 4.20. The lowest BCUT2D eigenvalue weighted by Crippen LogP contribution is -2.21. The van der Waals surface area contributed by atoms with E-state index in [1.165, 1.54) is 12.1 Å². The monoisotopic (exact) mass is 312 g/mol. The van der Waals surface area contributed by atoms with Gasteiger partial charge in [0.2, 0.25) is 0 Å². The second kappa shape index (κ2) is 6.93. The molecule has 2 rings (SSSR count). The highest BCUT2D eigenvalue weighted by Crippen LogP contribution is 2.26. The van der Waals surface area contributed by atoms with Gasteiger partial charge in [-0.1, -0.05) is 25.0 Å². The van der Waals surface area contributed by atoms with Crippen molar-refractivity contribution in [1.82, 2.24) is 0 Å². The molecule has 0 bridgehead atoms. The Bertz CT molecular complexity index is 588. The van der Waals surface area contributed by atoms with E-state index in [2.05, 4.69) is 0 Å². The Hall–Kier alpha value is -1.56. The van der Waals surface area contributed by atoms with Crippen molar-refractivity contribution in [1.29, 1.82) is 0 Å². The Balaban J connectivity index is 1.87. The summed E-state index contributed by atoms with van der Waals surface area (Å²) in [6.45, 7) is -0.0145. The number of carboxylic acids is 1. The molecule has 5 nitrogen and oxygen atoms in total. The lowest BCUT2D eigenvalue weighted by atomic mass is 10.1. The van der Waals surface area contributed by atoms with Crippen LogP contribution in [0.1, 0.15) is 36.0 Å². The van der Waals surface area contributed by atoms with Crippen LogP contribution in [0, 0.1) is 5.92 Å². The first-order valence-electron chi connectivity index (χ1n) is 7.13. The lowest BCUT2D eigenvalue weighted by Gasteiger charge is -2.11. The van der Waals surface area contributed by atoms with Gasteiger partial charge >= 0.3 is 5.97 Å². The number of ether oxygens (including phenoxy) is 1. The molecule has 0 aromatic heterocycles. The van der Waals surface area contributed by atoms with Crippen LogP contribution in [0.5, 0.6) is 5.75 Å². The predicted molar refractivity (Wildman–Crippen MR) is 79.5 cm³/mol. The van der Waals surface area contributed by atoms with Gasteiger partial charge in [-0.2, -0.15) is 0 Å². The third kappa shape index (κ3) is 4.74. The fraction of sp³-hybridized carbons (Fsp3) is 0.533. The van der Waals surface area contributed by atoms with Crippen LogP contribution >= 0.6 is 0 Å². The zero-order valence-electron chi connectivity index (χ0n) is 11.8. The van der Waals surface area contributed by atoms with Crippen molar-refractivity contribution in [3.8, 4) is 5.75 Å². The van der Waals surface area contributed by atoms with Gasteiger partial charge in [0.15, 0.2) is 9.84 Å². The number of benzene rings is 1. The van der Waals surface area contributed by atoms with Gasteiger partial charge in [-0.05, 0) is 30.9 Å². The third-order valence-corrected chi connectivity index (χ3v) is 5.50. The number of carbonyl (C=O) groups is 1. The predicted octanol–water partition coefficient (Wildman–Crippen LogP) is 2.37. The molecular weight excluding hydrogens is 292 g/mol. The van der Waals surface area contributed by atoms with Gasteiger partial charge in [-0.25, -0.2) is 13.2 Å². The minimum absolute atomic E-state index is 0.0145. The molecule has 1 aliphatic carbocycles. The van der Waals surface area contributed by atoms with Crippen LogP contribution in [0.4, 0.5) is 0 Å². The van der Waals surface area contributed by atoms with E-state index < -0.39 is 15.8 Å². The lowest BCUT2D eigenvalue weighted by molar-refractivity contribution is 0.0692.